The molecule has 2 rings (SSSR count). The van der Waals surface area contributed by atoms with Gasteiger partial charge in [-0.15, -0.1) is 5.10 Å². The van der Waals surface area contributed by atoms with Gasteiger partial charge in [0.1, 0.15) is 0 Å². The first kappa shape index (κ1) is 10.4. The van der Waals surface area contributed by atoms with Crippen LogP contribution in [-0.2, 0) is 0 Å². The molecule has 2 heterocycles. The molecule has 0 radical (unpaired) electrons. The summed E-state index contributed by atoms with van der Waals surface area (Å²) in [5.41, 5.74) is 5.93. The van der Waals surface area contributed by atoms with Crippen molar-refractivity contribution in [3.05, 3.63) is 6.20 Å². The summed E-state index contributed by atoms with van der Waals surface area (Å²) < 4.78 is 1.88. The van der Waals surface area contributed by atoms with E-state index in [0.29, 0.717) is 6.04 Å². The van der Waals surface area contributed by atoms with Crippen molar-refractivity contribution in [2.75, 3.05) is 18.0 Å². The second kappa shape index (κ2) is 4.18. The molecular formula is C10H19N5. The molecule has 15 heavy (non-hydrogen) atoms. The quantitative estimate of drug-likeness (QED) is 0.782. The van der Waals surface area contributed by atoms with Crippen molar-refractivity contribution < 1.29 is 0 Å². The number of anilines is 1. The molecule has 1 unspecified atom stereocenters. The summed E-state index contributed by atoms with van der Waals surface area (Å²) in [6.07, 6.45) is 4.27. The number of rotatable bonds is 2. The van der Waals surface area contributed by atoms with E-state index in [1.807, 2.05) is 10.9 Å². The Morgan fingerprint density at radius 1 is 1.53 bits per heavy atom. The summed E-state index contributed by atoms with van der Waals surface area (Å²) in [5.74, 6) is 0.957. The highest BCUT2D eigenvalue weighted by Crippen LogP contribution is 2.17. The van der Waals surface area contributed by atoms with Gasteiger partial charge in [0.25, 0.3) is 0 Å². The standard InChI is InChI=1S/C10H19N5/c1-8(2)15-7-10(12-13-15)14-5-3-4-9(11)6-14/h7-9H,3-6,11H2,1-2H3. The molecule has 2 N–H and O–H groups in total. The van der Waals surface area contributed by atoms with Crippen molar-refractivity contribution in [3.63, 3.8) is 0 Å². The van der Waals surface area contributed by atoms with Gasteiger partial charge in [-0.25, -0.2) is 4.68 Å². The van der Waals surface area contributed by atoms with E-state index in [4.69, 9.17) is 5.73 Å². The van der Waals surface area contributed by atoms with E-state index in [-0.39, 0.29) is 6.04 Å². The summed E-state index contributed by atoms with van der Waals surface area (Å²) in [6.45, 7) is 6.14. The average molecular weight is 209 g/mol. The SMILES string of the molecule is CC(C)n1cc(N2CCCC(N)C2)nn1. The largest absolute Gasteiger partial charge is 0.352 e. The highest BCUT2D eigenvalue weighted by Gasteiger charge is 2.19. The average Bonchev–Trinajstić information content (AvgIpc) is 2.66. The third-order valence-corrected chi connectivity index (χ3v) is 2.81. The van der Waals surface area contributed by atoms with Crippen LogP contribution in [0.1, 0.15) is 32.7 Å². The van der Waals surface area contributed by atoms with E-state index in [1.54, 1.807) is 0 Å². The lowest BCUT2D eigenvalue weighted by molar-refractivity contribution is 0.503. The van der Waals surface area contributed by atoms with Crippen molar-refractivity contribution in [2.24, 2.45) is 5.73 Å². The number of piperidine rings is 1. The Morgan fingerprint density at radius 3 is 2.93 bits per heavy atom. The van der Waals surface area contributed by atoms with Crippen molar-refractivity contribution in [1.29, 1.82) is 0 Å². The van der Waals surface area contributed by atoms with E-state index in [9.17, 15) is 0 Å². The van der Waals surface area contributed by atoms with Crippen molar-refractivity contribution in [3.8, 4) is 0 Å². The molecule has 5 heteroatoms. The number of nitrogens with zero attached hydrogens (tertiary/aromatic N) is 4. The third-order valence-electron chi connectivity index (χ3n) is 2.81. The van der Waals surface area contributed by atoms with Crippen LogP contribution in [0.2, 0.25) is 0 Å². The van der Waals surface area contributed by atoms with Crippen molar-refractivity contribution in [2.45, 2.75) is 38.8 Å². The molecule has 1 saturated heterocycles. The molecule has 0 spiro atoms. The van der Waals surface area contributed by atoms with Crippen LogP contribution in [0.4, 0.5) is 5.82 Å². The van der Waals surface area contributed by atoms with Crippen LogP contribution < -0.4 is 10.6 Å². The van der Waals surface area contributed by atoms with Gasteiger partial charge in [-0.3, -0.25) is 0 Å². The first-order valence-corrected chi connectivity index (χ1v) is 5.59. The monoisotopic (exact) mass is 209 g/mol. The molecule has 0 saturated carbocycles. The summed E-state index contributed by atoms with van der Waals surface area (Å²) >= 11 is 0. The second-order valence-electron chi connectivity index (χ2n) is 4.50. The molecule has 1 aromatic heterocycles. The van der Waals surface area contributed by atoms with E-state index >= 15 is 0 Å². The van der Waals surface area contributed by atoms with Gasteiger partial charge in [0.05, 0.1) is 6.20 Å². The highest BCUT2D eigenvalue weighted by molar-refractivity contribution is 5.35. The predicted octanol–water partition coefficient (Wildman–Crippen LogP) is 0.786. The van der Waals surface area contributed by atoms with Gasteiger partial charge in [-0.05, 0) is 26.7 Å². The predicted molar refractivity (Wildman–Crippen MR) is 59.8 cm³/mol. The van der Waals surface area contributed by atoms with Crippen LogP contribution >= 0.6 is 0 Å². The first-order valence-electron chi connectivity index (χ1n) is 5.59. The summed E-state index contributed by atoms with van der Waals surface area (Å²) in [7, 11) is 0. The van der Waals surface area contributed by atoms with E-state index in [1.165, 1.54) is 0 Å². The zero-order valence-electron chi connectivity index (χ0n) is 9.43. The number of hydrogen-bond acceptors (Lipinski definition) is 4. The van der Waals surface area contributed by atoms with Crippen LogP contribution in [0.15, 0.2) is 6.20 Å². The fraction of sp³-hybridized carbons (Fsp3) is 0.800. The maximum Gasteiger partial charge on any atom is 0.171 e. The lowest BCUT2D eigenvalue weighted by Gasteiger charge is -2.30. The molecular weight excluding hydrogens is 190 g/mol. The number of aromatic nitrogens is 3. The maximum atomic E-state index is 5.93. The molecule has 1 aromatic rings. The Kier molecular flexibility index (Phi) is 2.90. The first-order chi connectivity index (χ1) is 7.16. The lowest BCUT2D eigenvalue weighted by Crippen LogP contribution is -2.43. The normalized spacial score (nSPS) is 22.4. The third kappa shape index (κ3) is 2.28. The molecule has 1 atom stereocenters. The zero-order valence-corrected chi connectivity index (χ0v) is 9.43. The van der Waals surface area contributed by atoms with Crippen molar-refractivity contribution >= 4 is 5.82 Å². The minimum absolute atomic E-state index is 0.281. The Hall–Kier alpha value is -1.10. The maximum absolute atomic E-state index is 5.93. The molecule has 0 aliphatic carbocycles. The van der Waals surface area contributed by atoms with Crippen molar-refractivity contribution in [1.82, 2.24) is 15.0 Å². The van der Waals surface area contributed by atoms with Gasteiger partial charge in [0, 0.05) is 25.2 Å². The smallest absolute Gasteiger partial charge is 0.171 e. The van der Waals surface area contributed by atoms with Gasteiger partial charge < -0.3 is 10.6 Å². The second-order valence-corrected chi connectivity index (χ2v) is 4.50. The zero-order chi connectivity index (χ0) is 10.8. The van der Waals surface area contributed by atoms with Crippen LogP contribution in [0.25, 0.3) is 0 Å². The minimum atomic E-state index is 0.281. The Balaban J connectivity index is 2.08. The molecule has 5 nitrogen and oxygen atoms in total. The molecule has 1 aliphatic rings. The van der Waals surface area contributed by atoms with Crippen LogP contribution in [0.3, 0.4) is 0 Å². The van der Waals surface area contributed by atoms with E-state index in [0.717, 1.165) is 31.7 Å². The fourth-order valence-corrected chi connectivity index (χ4v) is 1.88. The summed E-state index contributed by atoms with van der Waals surface area (Å²) in [5, 5.41) is 8.28. The lowest BCUT2D eigenvalue weighted by atomic mass is 10.1. The topological polar surface area (TPSA) is 60.0 Å². The van der Waals surface area contributed by atoms with Crippen LogP contribution in [-0.4, -0.2) is 34.1 Å². The molecule has 1 aliphatic heterocycles. The number of nitrogens with two attached hydrogens (primary N) is 1. The highest BCUT2D eigenvalue weighted by atomic mass is 15.5. The molecule has 0 bridgehead atoms. The fourth-order valence-electron chi connectivity index (χ4n) is 1.88. The number of hydrogen-bond donors (Lipinski definition) is 1. The van der Waals surface area contributed by atoms with E-state index in [2.05, 4.69) is 29.1 Å². The molecule has 84 valence electrons. The van der Waals surface area contributed by atoms with E-state index < -0.39 is 0 Å². The van der Waals surface area contributed by atoms with Gasteiger partial charge in [0.2, 0.25) is 0 Å². The van der Waals surface area contributed by atoms with Gasteiger partial charge in [-0.2, -0.15) is 0 Å². The minimum Gasteiger partial charge on any atom is -0.352 e. The molecule has 0 aromatic carbocycles. The molecule has 1 fully saturated rings. The summed E-state index contributed by atoms with van der Waals surface area (Å²) in [4.78, 5) is 2.22. The Morgan fingerprint density at radius 2 is 2.33 bits per heavy atom. The van der Waals surface area contributed by atoms with Crippen LogP contribution in [0.5, 0.6) is 0 Å². The Bertz CT molecular complexity index is 319. The Labute approximate surface area is 90.2 Å². The summed E-state index contributed by atoms with van der Waals surface area (Å²) in [6, 6.07) is 0.646. The van der Waals surface area contributed by atoms with Crippen LogP contribution in [0, 0.1) is 0 Å². The van der Waals surface area contributed by atoms with Gasteiger partial charge in [0.15, 0.2) is 5.82 Å². The van der Waals surface area contributed by atoms with Gasteiger partial charge >= 0.3 is 0 Å². The van der Waals surface area contributed by atoms with Gasteiger partial charge in [-0.1, -0.05) is 5.21 Å². The molecule has 0 amide bonds.